The Kier molecular flexibility index (Phi) is 3.48. The van der Waals surface area contributed by atoms with Crippen LogP contribution in [0.2, 0.25) is 0 Å². The first-order valence-electron chi connectivity index (χ1n) is 8.11. The molecule has 0 radical (unpaired) electrons. The van der Waals surface area contributed by atoms with Gasteiger partial charge >= 0.3 is 5.69 Å². The fourth-order valence-electron chi connectivity index (χ4n) is 3.41. The predicted octanol–water partition coefficient (Wildman–Crippen LogP) is 2.12. The third-order valence-electron chi connectivity index (χ3n) is 4.69. The van der Waals surface area contributed by atoms with Crippen molar-refractivity contribution in [3.63, 3.8) is 0 Å². The molecule has 4 rings (SSSR count). The molecular formula is C17H18N6O. The van der Waals surface area contributed by atoms with Crippen LogP contribution in [0.25, 0.3) is 16.7 Å². The topological polar surface area (TPSA) is 99.6 Å². The van der Waals surface area contributed by atoms with Crippen LogP contribution < -0.4 is 11.4 Å². The molecule has 7 nitrogen and oxygen atoms in total. The van der Waals surface area contributed by atoms with Crippen LogP contribution in [0.5, 0.6) is 0 Å². The van der Waals surface area contributed by atoms with Crippen molar-refractivity contribution in [1.29, 1.82) is 0 Å². The second kappa shape index (κ2) is 5.67. The normalized spacial score (nSPS) is 15.2. The van der Waals surface area contributed by atoms with Crippen LogP contribution >= 0.6 is 0 Å². The molecule has 0 aliphatic heterocycles. The Hall–Kier alpha value is -2.83. The largest absolute Gasteiger partial charge is 0.383 e. The minimum Gasteiger partial charge on any atom is -0.383 e. The summed E-state index contributed by atoms with van der Waals surface area (Å²) in [6.07, 6.45) is 7.77. The molecule has 7 heteroatoms. The summed E-state index contributed by atoms with van der Waals surface area (Å²) in [6, 6.07) is 3.91. The van der Waals surface area contributed by atoms with Gasteiger partial charge in [-0.15, -0.1) is 0 Å². The monoisotopic (exact) mass is 322 g/mol. The van der Waals surface area contributed by atoms with Crippen LogP contribution in [-0.4, -0.2) is 24.5 Å². The van der Waals surface area contributed by atoms with Crippen molar-refractivity contribution in [3.05, 3.63) is 46.5 Å². The van der Waals surface area contributed by atoms with E-state index in [9.17, 15) is 4.79 Å². The molecule has 1 aliphatic carbocycles. The van der Waals surface area contributed by atoms with E-state index in [0.717, 1.165) is 18.5 Å². The average Bonchev–Trinajstić information content (AvgIpc) is 3.10. The third-order valence-corrected chi connectivity index (χ3v) is 4.69. The molecular weight excluding hydrogens is 304 g/mol. The zero-order valence-electron chi connectivity index (χ0n) is 13.4. The quantitative estimate of drug-likeness (QED) is 0.775. The number of fused-ring (bicyclic) bond motifs is 1. The second-order valence-electron chi connectivity index (χ2n) is 6.20. The Labute approximate surface area is 138 Å². The van der Waals surface area contributed by atoms with E-state index < -0.39 is 5.69 Å². The van der Waals surface area contributed by atoms with E-state index in [1.807, 2.05) is 19.1 Å². The maximum atomic E-state index is 12.5. The van der Waals surface area contributed by atoms with E-state index in [-0.39, 0.29) is 5.82 Å². The molecule has 0 saturated heterocycles. The molecule has 1 fully saturated rings. The van der Waals surface area contributed by atoms with Crippen molar-refractivity contribution >= 4 is 16.9 Å². The molecule has 0 amide bonds. The van der Waals surface area contributed by atoms with Gasteiger partial charge in [-0.25, -0.2) is 24.3 Å². The Morgan fingerprint density at radius 2 is 2.00 bits per heavy atom. The van der Waals surface area contributed by atoms with Crippen molar-refractivity contribution in [2.45, 2.75) is 38.5 Å². The van der Waals surface area contributed by atoms with E-state index in [4.69, 9.17) is 10.7 Å². The minimum atomic E-state index is -0.464. The SMILES string of the molecule is Cc1ncncc1-n1c(=O)nc(N)c2ccc(C3CCCC3)nc21. The Morgan fingerprint density at radius 1 is 1.21 bits per heavy atom. The highest BCUT2D eigenvalue weighted by molar-refractivity contribution is 5.86. The molecule has 2 N–H and O–H groups in total. The molecule has 0 unspecified atom stereocenters. The van der Waals surface area contributed by atoms with Crippen LogP contribution in [0.15, 0.2) is 29.5 Å². The smallest absolute Gasteiger partial charge is 0.355 e. The van der Waals surface area contributed by atoms with Gasteiger partial charge in [0.05, 0.1) is 23.0 Å². The van der Waals surface area contributed by atoms with E-state index in [2.05, 4.69) is 15.0 Å². The summed E-state index contributed by atoms with van der Waals surface area (Å²) in [5.41, 5.74) is 8.28. The first kappa shape index (κ1) is 14.7. The molecule has 1 saturated carbocycles. The first-order valence-corrected chi connectivity index (χ1v) is 8.11. The maximum absolute atomic E-state index is 12.5. The maximum Gasteiger partial charge on any atom is 0.355 e. The third kappa shape index (κ3) is 2.33. The van der Waals surface area contributed by atoms with Crippen LogP contribution in [0.1, 0.15) is 43.0 Å². The number of nitrogens with two attached hydrogens (primary N) is 1. The van der Waals surface area contributed by atoms with Crippen LogP contribution in [0, 0.1) is 6.92 Å². The molecule has 3 aromatic heterocycles. The van der Waals surface area contributed by atoms with Crippen LogP contribution in [0.3, 0.4) is 0 Å². The highest BCUT2D eigenvalue weighted by atomic mass is 16.1. The number of hydrogen-bond donors (Lipinski definition) is 1. The van der Waals surface area contributed by atoms with Crippen LogP contribution in [0.4, 0.5) is 5.82 Å². The van der Waals surface area contributed by atoms with Crippen molar-refractivity contribution in [1.82, 2.24) is 24.5 Å². The highest BCUT2D eigenvalue weighted by Gasteiger charge is 2.21. The van der Waals surface area contributed by atoms with Gasteiger partial charge in [-0.05, 0) is 31.9 Å². The number of nitrogen functional groups attached to an aromatic ring is 1. The summed E-state index contributed by atoms with van der Waals surface area (Å²) in [5, 5.41) is 0.666. The van der Waals surface area contributed by atoms with E-state index >= 15 is 0 Å². The number of rotatable bonds is 2. The molecule has 3 aromatic rings. The van der Waals surface area contributed by atoms with Gasteiger partial charge in [0.2, 0.25) is 0 Å². The minimum absolute atomic E-state index is 0.200. The van der Waals surface area contributed by atoms with Crippen molar-refractivity contribution in [2.75, 3.05) is 5.73 Å². The number of pyridine rings is 1. The fourth-order valence-corrected chi connectivity index (χ4v) is 3.41. The standard InChI is InChI=1S/C17H18N6O/c1-10-14(8-19-9-20-10)23-16-12(15(18)22-17(23)24)6-7-13(21-16)11-4-2-3-5-11/h6-9,11H,2-5H2,1H3,(H2,18,22,24). The van der Waals surface area contributed by atoms with Gasteiger partial charge in [0.1, 0.15) is 12.1 Å². The van der Waals surface area contributed by atoms with Crippen molar-refractivity contribution < 1.29 is 0 Å². The molecule has 122 valence electrons. The van der Waals surface area contributed by atoms with Gasteiger partial charge in [0, 0.05) is 11.6 Å². The molecule has 1 aliphatic rings. The van der Waals surface area contributed by atoms with Crippen molar-refractivity contribution in [3.8, 4) is 5.69 Å². The van der Waals surface area contributed by atoms with E-state index in [1.165, 1.54) is 23.7 Å². The van der Waals surface area contributed by atoms with Crippen molar-refractivity contribution in [2.24, 2.45) is 0 Å². The van der Waals surface area contributed by atoms with Gasteiger partial charge in [0.15, 0.2) is 5.65 Å². The lowest BCUT2D eigenvalue weighted by molar-refractivity contribution is 0.698. The number of nitrogens with zero attached hydrogens (tertiary/aromatic N) is 5. The highest BCUT2D eigenvalue weighted by Crippen LogP contribution is 2.34. The molecule has 0 aromatic carbocycles. The van der Waals surface area contributed by atoms with E-state index in [1.54, 1.807) is 6.20 Å². The molecule has 0 spiro atoms. The van der Waals surface area contributed by atoms with Gasteiger partial charge < -0.3 is 5.73 Å². The zero-order chi connectivity index (χ0) is 16.7. The lowest BCUT2D eigenvalue weighted by Crippen LogP contribution is -2.25. The molecule has 0 atom stereocenters. The Bertz CT molecular complexity index is 974. The number of anilines is 1. The molecule has 3 heterocycles. The second-order valence-corrected chi connectivity index (χ2v) is 6.20. The molecule has 0 bridgehead atoms. The van der Waals surface area contributed by atoms with Crippen LogP contribution in [-0.2, 0) is 0 Å². The Morgan fingerprint density at radius 3 is 2.75 bits per heavy atom. The lowest BCUT2D eigenvalue weighted by atomic mass is 10.0. The summed E-state index contributed by atoms with van der Waals surface area (Å²) < 4.78 is 1.46. The summed E-state index contributed by atoms with van der Waals surface area (Å²) in [5.74, 6) is 0.645. The van der Waals surface area contributed by atoms with E-state index in [0.29, 0.717) is 28.3 Å². The number of aromatic nitrogens is 5. The summed E-state index contributed by atoms with van der Waals surface area (Å²) in [6.45, 7) is 1.83. The number of aryl methyl sites for hydroxylation is 1. The average molecular weight is 322 g/mol. The first-order chi connectivity index (χ1) is 11.6. The zero-order valence-corrected chi connectivity index (χ0v) is 13.4. The summed E-state index contributed by atoms with van der Waals surface area (Å²) in [4.78, 5) is 29.4. The summed E-state index contributed by atoms with van der Waals surface area (Å²) in [7, 11) is 0. The Balaban J connectivity index is 2.02. The lowest BCUT2D eigenvalue weighted by Gasteiger charge is -2.14. The fraction of sp³-hybridized carbons (Fsp3) is 0.353. The number of hydrogen-bond acceptors (Lipinski definition) is 6. The van der Waals surface area contributed by atoms with Gasteiger partial charge in [0.25, 0.3) is 0 Å². The van der Waals surface area contributed by atoms with Gasteiger partial charge in [-0.1, -0.05) is 12.8 Å². The predicted molar refractivity (Wildman–Crippen MR) is 91.1 cm³/mol. The van der Waals surface area contributed by atoms with Gasteiger partial charge in [-0.3, -0.25) is 0 Å². The summed E-state index contributed by atoms with van der Waals surface area (Å²) >= 11 is 0. The molecule has 24 heavy (non-hydrogen) atoms. The van der Waals surface area contributed by atoms with Gasteiger partial charge in [-0.2, -0.15) is 4.98 Å².